The van der Waals surface area contributed by atoms with Gasteiger partial charge in [0, 0.05) is 46.7 Å². The Balaban J connectivity index is 1.25. The first-order valence-corrected chi connectivity index (χ1v) is 21.6. The molecular formula is C54H41N4O7+. The number of hydrogen-bond donors (Lipinski definition) is 0. The molecule has 11 rings (SSSR count). The van der Waals surface area contributed by atoms with E-state index in [1.165, 1.54) is 6.08 Å². The molecule has 6 aromatic rings. The quantitative estimate of drug-likeness (QED) is 0.0520. The monoisotopic (exact) mass is 857 g/mol. The van der Waals surface area contributed by atoms with Crippen LogP contribution in [0.5, 0.6) is 5.75 Å². The SMILES string of the molecule is O=[N+]([O-])C1=CCC(OC2(OC3=CCC([N+](=O)[O-])C=C3)C3C2[N+]2=C(c4ccccc4)C=C(c4ccccc4)C2=C(Oc2ccccc2)c2c(-c4ccccc4)cc(-c4ccccc4)n23)C=C1. The average molecular weight is 858 g/mol. The molecule has 0 spiro atoms. The van der Waals surface area contributed by atoms with Crippen LogP contribution in [0, 0.1) is 20.2 Å². The number of allylic oxidation sites excluding steroid dienone is 4. The number of nitrogens with zero attached hydrogens (tertiary/aromatic N) is 4. The highest BCUT2D eigenvalue weighted by atomic mass is 16.7. The Morgan fingerprint density at radius 3 is 1.88 bits per heavy atom. The molecule has 11 nitrogen and oxygen atoms in total. The maximum absolute atomic E-state index is 11.9. The number of aromatic nitrogens is 1. The third-order valence-corrected chi connectivity index (χ3v) is 12.5. The third-order valence-electron chi connectivity index (χ3n) is 12.5. The lowest BCUT2D eigenvalue weighted by Crippen LogP contribution is -2.36. The predicted octanol–water partition coefficient (Wildman–Crippen LogP) is 10.8. The van der Waals surface area contributed by atoms with E-state index < -0.39 is 34.9 Å². The second-order valence-electron chi connectivity index (χ2n) is 16.4. The van der Waals surface area contributed by atoms with E-state index >= 15 is 0 Å². The van der Waals surface area contributed by atoms with E-state index in [1.807, 2.05) is 103 Å². The van der Waals surface area contributed by atoms with Crippen molar-refractivity contribution in [1.29, 1.82) is 0 Å². The number of hydrogen-bond acceptors (Lipinski definition) is 7. The maximum atomic E-state index is 11.9. The van der Waals surface area contributed by atoms with Gasteiger partial charge in [0.2, 0.25) is 17.5 Å². The minimum absolute atomic E-state index is 0.0102. The Labute approximate surface area is 374 Å². The minimum atomic E-state index is -1.48. The zero-order chi connectivity index (χ0) is 44.1. The number of ether oxygens (including phenoxy) is 3. The van der Waals surface area contributed by atoms with E-state index in [2.05, 4.69) is 69.8 Å². The van der Waals surface area contributed by atoms with Gasteiger partial charge in [0.1, 0.15) is 17.2 Å². The molecule has 318 valence electrons. The summed E-state index contributed by atoms with van der Waals surface area (Å²) in [7, 11) is 0. The van der Waals surface area contributed by atoms with Gasteiger partial charge in [0.25, 0.3) is 17.4 Å². The lowest BCUT2D eigenvalue weighted by atomic mass is 9.98. The number of fused-ring (bicyclic) bond motifs is 5. The first-order valence-electron chi connectivity index (χ1n) is 21.6. The van der Waals surface area contributed by atoms with Gasteiger partial charge in [-0.2, -0.15) is 4.58 Å². The first kappa shape index (κ1) is 39.7. The van der Waals surface area contributed by atoms with Crippen LogP contribution in [0.4, 0.5) is 0 Å². The smallest absolute Gasteiger partial charge is 0.304 e. The van der Waals surface area contributed by atoms with Crippen molar-refractivity contribution in [2.45, 2.75) is 42.9 Å². The first-order chi connectivity index (χ1) is 31.9. The topological polar surface area (TPSA) is 122 Å². The number of rotatable bonds is 12. The van der Waals surface area contributed by atoms with Gasteiger partial charge in [-0.1, -0.05) is 127 Å². The molecule has 5 aliphatic rings. The van der Waals surface area contributed by atoms with Crippen LogP contribution in [0.15, 0.2) is 217 Å². The van der Waals surface area contributed by atoms with Crippen molar-refractivity contribution in [3.63, 3.8) is 0 Å². The fourth-order valence-corrected chi connectivity index (χ4v) is 9.53. The Hall–Kier alpha value is -8.15. The average Bonchev–Trinajstić information content (AvgIpc) is 3.60. The van der Waals surface area contributed by atoms with Crippen molar-refractivity contribution in [1.82, 2.24) is 4.57 Å². The van der Waals surface area contributed by atoms with Crippen molar-refractivity contribution in [2.75, 3.05) is 0 Å². The lowest BCUT2D eigenvalue weighted by molar-refractivity contribution is -0.508. The molecule has 0 radical (unpaired) electrons. The zero-order valence-electron chi connectivity index (χ0n) is 34.9. The van der Waals surface area contributed by atoms with Crippen molar-refractivity contribution < 1.29 is 28.6 Å². The van der Waals surface area contributed by atoms with Crippen molar-refractivity contribution in [3.8, 4) is 28.1 Å². The number of nitro groups is 2. The van der Waals surface area contributed by atoms with Crippen LogP contribution in [0.2, 0.25) is 0 Å². The van der Waals surface area contributed by atoms with Crippen LogP contribution < -0.4 is 4.74 Å². The van der Waals surface area contributed by atoms with E-state index in [-0.39, 0.29) is 23.5 Å². The molecule has 0 bridgehead atoms. The maximum Gasteiger partial charge on any atom is 0.304 e. The van der Waals surface area contributed by atoms with E-state index in [1.54, 1.807) is 30.4 Å². The highest BCUT2D eigenvalue weighted by Crippen LogP contribution is 2.63. The lowest BCUT2D eigenvalue weighted by Gasteiger charge is -2.27. The van der Waals surface area contributed by atoms with E-state index in [0.717, 1.165) is 56.2 Å². The van der Waals surface area contributed by atoms with Crippen LogP contribution in [-0.2, 0) is 9.47 Å². The summed E-state index contributed by atoms with van der Waals surface area (Å²) in [4.78, 5) is 23.1. The van der Waals surface area contributed by atoms with Gasteiger partial charge in [-0.25, -0.2) is 0 Å². The van der Waals surface area contributed by atoms with Crippen molar-refractivity contribution >= 4 is 17.0 Å². The molecular weight excluding hydrogens is 817 g/mol. The van der Waals surface area contributed by atoms with Crippen molar-refractivity contribution in [2.24, 2.45) is 0 Å². The van der Waals surface area contributed by atoms with Crippen LogP contribution in [-0.4, -0.2) is 48.7 Å². The highest BCUT2D eigenvalue weighted by molar-refractivity contribution is 6.15. The van der Waals surface area contributed by atoms with Crippen LogP contribution in [0.25, 0.3) is 33.7 Å². The molecule has 5 unspecified atom stereocenters. The Kier molecular flexibility index (Phi) is 9.89. The molecule has 2 aliphatic heterocycles. The van der Waals surface area contributed by atoms with Crippen LogP contribution in [0.1, 0.15) is 35.7 Å². The summed E-state index contributed by atoms with van der Waals surface area (Å²) in [6.45, 7) is 0. The predicted molar refractivity (Wildman–Crippen MR) is 247 cm³/mol. The molecule has 1 saturated carbocycles. The van der Waals surface area contributed by atoms with E-state index in [9.17, 15) is 20.2 Å². The van der Waals surface area contributed by atoms with Gasteiger partial charge < -0.3 is 18.8 Å². The van der Waals surface area contributed by atoms with Crippen LogP contribution in [0.3, 0.4) is 0 Å². The molecule has 3 aliphatic carbocycles. The Morgan fingerprint density at radius 1 is 0.677 bits per heavy atom. The fraction of sp³-hybridized carbons (Fsp3) is 0.130. The second-order valence-corrected chi connectivity index (χ2v) is 16.4. The van der Waals surface area contributed by atoms with Gasteiger partial charge >= 0.3 is 5.79 Å². The highest BCUT2D eigenvalue weighted by Gasteiger charge is 2.82. The fourth-order valence-electron chi connectivity index (χ4n) is 9.53. The molecule has 11 heteroatoms. The molecule has 65 heavy (non-hydrogen) atoms. The van der Waals surface area contributed by atoms with Gasteiger partial charge in [-0.3, -0.25) is 20.2 Å². The molecule has 1 aromatic heterocycles. The second kappa shape index (κ2) is 16.2. The molecule has 1 fully saturated rings. The number of benzene rings is 5. The molecule has 0 N–H and O–H groups in total. The summed E-state index contributed by atoms with van der Waals surface area (Å²) < 4.78 is 26.7. The minimum Gasteiger partial charge on any atom is -0.453 e. The molecule has 0 amide bonds. The molecule has 0 saturated heterocycles. The van der Waals surface area contributed by atoms with Crippen molar-refractivity contribution in [3.05, 3.63) is 254 Å². The summed E-state index contributed by atoms with van der Waals surface area (Å²) in [5.41, 5.74) is 9.06. The molecule has 3 heterocycles. The van der Waals surface area contributed by atoms with Gasteiger partial charge in [-0.05, 0) is 77.4 Å². The molecule has 5 aromatic carbocycles. The molecule has 5 atom stereocenters. The number of para-hydroxylation sites is 1. The van der Waals surface area contributed by atoms with Gasteiger partial charge in [0.15, 0.2) is 6.04 Å². The summed E-state index contributed by atoms with van der Waals surface area (Å²) in [6, 6.07) is 50.8. The van der Waals surface area contributed by atoms with E-state index in [0.29, 0.717) is 17.3 Å². The van der Waals surface area contributed by atoms with Gasteiger partial charge in [0.05, 0.1) is 16.6 Å². The summed E-state index contributed by atoms with van der Waals surface area (Å²) in [5, 5.41) is 23.8. The zero-order valence-corrected chi connectivity index (χ0v) is 34.9. The summed E-state index contributed by atoms with van der Waals surface area (Å²) >= 11 is 0. The van der Waals surface area contributed by atoms with Gasteiger partial charge in [-0.15, -0.1) is 0 Å². The summed E-state index contributed by atoms with van der Waals surface area (Å²) in [5.74, 6) is 0.220. The van der Waals surface area contributed by atoms with E-state index in [4.69, 9.17) is 14.2 Å². The largest absolute Gasteiger partial charge is 0.453 e. The summed E-state index contributed by atoms with van der Waals surface area (Å²) in [6.07, 6.45) is 11.7. The Morgan fingerprint density at radius 2 is 1.29 bits per heavy atom. The standard InChI is InChI=1S/C54H41N4O7/c59-57(60)40-26-30-43(31-27-40)64-54(65-44-32-28-41(29-33-44)58(61)62)52-53(54)56-48(39-22-12-4-13-23-39)35-46(37-18-8-2-9-19-37)50(56)51(63-42-24-14-5-15-25-42)49-45(36-16-6-1-7-17-36)34-47(55(49)52)38-20-10-3-11-21-38/h1-28,30,32-35,41,43,52-53H,29,31H2/q+1. The normalized spacial score (nSPS) is 22.7. The van der Waals surface area contributed by atoms with Crippen LogP contribution >= 0.6 is 0 Å². The Bertz CT molecular complexity index is 3080. The third kappa shape index (κ3) is 7.02.